The van der Waals surface area contributed by atoms with E-state index in [9.17, 15) is 13.2 Å². The first-order valence-corrected chi connectivity index (χ1v) is 10.5. The van der Waals surface area contributed by atoms with Gasteiger partial charge < -0.3 is 10.6 Å². The van der Waals surface area contributed by atoms with Gasteiger partial charge in [0.15, 0.2) is 15.5 Å². The molecular formula is C18H22N4O3S. The van der Waals surface area contributed by atoms with E-state index >= 15 is 0 Å². The van der Waals surface area contributed by atoms with Gasteiger partial charge in [0.25, 0.3) is 5.91 Å². The van der Waals surface area contributed by atoms with Crippen LogP contribution in [0.1, 0.15) is 28.9 Å². The van der Waals surface area contributed by atoms with Crippen LogP contribution in [0.5, 0.6) is 0 Å². The van der Waals surface area contributed by atoms with Gasteiger partial charge in [-0.05, 0) is 37.0 Å². The molecule has 2 aromatic rings. The lowest BCUT2D eigenvalue weighted by molar-refractivity contribution is 0.0947. The van der Waals surface area contributed by atoms with Crippen LogP contribution in [-0.2, 0) is 16.3 Å². The second-order valence-electron chi connectivity index (χ2n) is 6.39. The fourth-order valence-electron chi connectivity index (χ4n) is 2.88. The van der Waals surface area contributed by atoms with Gasteiger partial charge in [-0.2, -0.15) is 0 Å². The van der Waals surface area contributed by atoms with E-state index in [1.807, 2.05) is 18.2 Å². The molecule has 26 heavy (non-hydrogen) atoms. The fraction of sp³-hybridized carbons (Fsp3) is 0.389. The van der Waals surface area contributed by atoms with Gasteiger partial charge in [0.05, 0.1) is 11.5 Å². The summed E-state index contributed by atoms with van der Waals surface area (Å²) in [5, 5.41) is 13.8. The highest BCUT2D eigenvalue weighted by Crippen LogP contribution is 2.15. The zero-order chi connectivity index (χ0) is 18.4. The van der Waals surface area contributed by atoms with E-state index in [4.69, 9.17) is 0 Å². The summed E-state index contributed by atoms with van der Waals surface area (Å²) in [4.78, 5) is 12.1. The summed E-state index contributed by atoms with van der Waals surface area (Å²) in [5.74, 6) is 0.521. The summed E-state index contributed by atoms with van der Waals surface area (Å²) in [5.41, 5.74) is 1.49. The van der Waals surface area contributed by atoms with Crippen molar-refractivity contribution in [3.05, 3.63) is 53.7 Å². The van der Waals surface area contributed by atoms with Crippen molar-refractivity contribution in [2.45, 2.75) is 25.3 Å². The highest BCUT2D eigenvalue weighted by Gasteiger charge is 2.27. The second kappa shape index (κ2) is 8.27. The van der Waals surface area contributed by atoms with Crippen LogP contribution >= 0.6 is 0 Å². The first kappa shape index (κ1) is 18.3. The van der Waals surface area contributed by atoms with Gasteiger partial charge in [0.1, 0.15) is 5.82 Å². The minimum atomic E-state index is -2.94. The van der Waals surface area contributed by atoms with Crippen LogP contribution in [0.2, 0.25) is 0 Å². The third-order valence-electron chi connectivity index (χ3n) is 4.25. The van der Waals surface area contributed by atoms with E-state index in [1.165, 1.54) is 5.56 Å². The standard InChI is InChI=1S/C18H22N4O3S/c23-18(19-11-4-7-14-5-2-1-3-6-14)16-8-9-17(22-21-16)20-15-10-12-26(24,25)13-15/h1-3,5-6,8-9,15H,4,7,10-13H2,(H,19,23)(H,20,22). The lowest BCUT2D eigenvalue weighted by Crippen LogP contribution is -2.26. The van der Waals surface area contributed by atoms with Crippen LogP contribution in [0.25, 0.3) is 0 Å². The zero-order valence-corrected chi connectivity index (χ0v) is 15.2. The number of hydrogen-bond acceptors (Lipinski definition) is 6. The molecule has 0 bridgehead atoms. The SMILES string of the molecule is O=C(NCCCc1ccccc1)c1ccc(NC2CCS(=O)(=O)C2)nn1. The van der Waals surface area contributed by atoms with Crippen molar-refractivity contribution in [1.82, 2.24) is 15.5 Å². The molecule has 2 heterocycles. The van der Waals surface area contributed by atoms with Gasteiger partial charge >= 0.3 is 0 Å². The summed E-state index contributed by atoms with van der Waals surface area (Å²) >= 11 is 0. The monoisotopic (exact) mass is 374 g/mol. The van der Waals surface area contributed by atoms with E-state index < -0.39 is 9.84 Å². The molecule has 0 spiro atoms. The normalized spacial score (nSPS) is 18.4. The Bertz CT molecular complexity index is 838. The van der Waals surface area contributed by atoms with Crippen molar-refractivity contribution < 1.29 is 13.2 Å². The molecule has 1 aliphatic rings. The molecule has 1 unspecified atom stereocenters. The van der Waals surface area contributed by atoms with Crippen molar-refractivity contribution in [2.75, 3.05) is 23.4 Å². The quantitative estimate of drug-likeness (QED) is 0.711. The number of carbonyl (C=O) groups is 1. The van der Waals surface area contributed by atoms with Gasteiger partial charge in [-0.25, -0.2) is 8.42 Å². The van der Waals surface area contributed by atoms with Crippen LogP contribution in [0, 0.1) is 0 Å². The van der Waals surface area contributed by atoms with E-state index in [-0.39, 0.29) is 29.1 Å². The molecule has 1 aromatic heterocycles. The number of carbonyl (C=O) groups excluding carboxylic acids is 1. The fourth-order valence-corrected chi connectivity index (χ4v) is 4.55. The maximum Gasteiger partial charge on any atom is 0.271 e. The maximum absolute atomic E-state index is 12.1. The number of anilines is 1. The first-order valence-electron chi connectivity index (χ1n) is 8.65. The summed E-state index contributed by atoms with van der Waals surface area (Å²) in [6.07, 6.45) is 2.31. The van der Waals surface area contributed by atoms with Crippen LogP contribution in [0.15, 0.2) is 42.5 Å². The number of aromatic nitrogens is 2. The molecule has 1 atom stereocenters. The van der Waals surface area contributed by atoms with E-state index in [0.29, 0.717) is 18.8 Å². The Morgan fingerprint density at radius 3 is 2.58 bits per heavy atom. The Kier molecular flexibility index (Phi) is 5.82. The molecule has 0 saturated carbocycles. The summed E-state index contributed by atoms with van der Waals surface area (Å²) in [6.45, 7) is 0.565. The van der Waals surface area contributed by atoms with E-state index in [2.05, 4.69) is 33.0 Å². The van der Waals surface area contributed by atoms with Gasteiger partial charge in [0, 0.05) is 12.6 Å². The van der Waals surface area contributed by atoms with Crippen molar-refractivity contribution in [2.24, 2.45) is 0 Å². The van der Waals surface area contributed by atoms with Crippen molar-refractivity contribution >= 4 is 21.6 Å². The van der Waals surface area contributed by atoms with Crippen LogP contribution in [0.4, 0.5) is 5.82 Å². The average Bonchev–Trinajstić information content (AvgIpc) is 2.98. The van der Waals surface area contributed by atoms with Crippen LogP contribution in [-0.4, -0.2) is 48.6 Å². The molecule has 3 rings (SSSR count). The third kappa shape index (κ3) is 5.26. The molecular weight excluding hydrogens is 352 g/mol. The molecule has 1 amide bonds. The van der Waals surface area contributed by atoms with Gasteiger partial charge in [0.2, 0.25) is 0 Å². The number of hydrogen-bond donors (Lipinski definition) is 2. The lowest BCUT2D eigenvalue weighted by atomic mass is 10.1. The minimum Gasteiger partial charge on any atom is -0.365 e. The smallest absolute Gasteiger partial charge is 0.271 e. The summed E-state index contributed by atoms with van der Waals surface area (Å²) in [6, 6.07) is 13.2. The van der Waals surface area contributed by atoms with Crippen molar-refractivity contribution in [1.29, 1.82) is 0 Å². The number of sulfone groups is 1. The van der Waals surface area contributed by atoms with Crippen LogP contribution in [0.3, 0.4) is 0 Å². The average molecular weight is 374 g/mol. The van der Waals surface area contributed by atoms with E-state index in [1.54, 1.807) is 12.1 Å². The third-order valence-corrected chi connectivity index (χ3v) is 6.02. The Morgan fingerprint density at radius 2 is 1.92 bits per heavy atom. The molecule has 138 valence electrons. The Morgan fingerprint density at radius 1 is 1.12 bits per heavy atom. The molecule has 1 saturated heterocycles. The molecule has 1 aromatic carbocycles. The molecule has 0 aliphatic carbocycles. The highest BCUT2D eigenvalue weighted by atomic mass is 32.2. The number of aryl methyl sites for hydroxylation is 1. The number of rotatable bonds is 7. The Hall–Kier alpha value is -2.48. The van der Waals surface area contributed by atoms with E-state index in [0.717, 1.165) is 12.8 Å². The highest BCUT2D eigenvalue weighted by molar-refractivity contribution is 7.91. The van der Waals surface area contributed by atoms with Gasteiger partial charge in [-0.3, -0.25) is 4.79 Å². The molecule has 7 nitrogen and oxygen atoms in total. The Balaban J connectivity index is 1.43. The van der Waals surface area contributed by atoms with Gasteiger partial charge in [-0.1, -0.05) is 30.3 Å². The molecule has 1 fully saturated rings. The maximum atomic E-state index is 12.1. The van der Waals surface area contributed by atoms with Crippen molar-refractivity contribution in [3.8, 4) is 0 Å². The Labute approximate surface area is 153 Å². The minimum absolute atomic E-state index is 0.109. The second-order valence-corrected chi connectivity index (χ2v) is 8.62. The summed E-state index contributed by atoms with van der Waals surface area (Å²) in [7, 11) is -2.94. The van der Waals surface area contributed by atoms with Crippen LogP contribution < -0.4 is 10.6 Å². The topological polar surface area (TPSA) is 101 Å². The number of nitrogens with zero attached hydrogens (tertiary/aromatic N) is 2. The molecule has 0 radical (unpaired) electrons. The predicted octanol–water partition coefficient (Wildman–Crippen LogP) is 1.44. The number of amides is 1. The first-order chi connectivity index (χ1) is 12.5. The largest absolute Gasteiger partial charge is 0.365 e. The van der Waals surface area contributed by atoms with Crippen molar-refractivity contribution in [3.63, 3.8) is 0 Å². The summed E-state index contributed by atoms with van der Waals surface area (Å²) < 4.78 is 22.9. The molecule has 2 N–H and O–H groups in total. The number of nitrogens with one attached hydrogen (secondary N) is 2. The predicted molar refractivity (Wildman–Crippen MR) is 99.8 cm³/mol. The molecule has 1 aliphatic heterocycles. The lowest BCUT2D eigenvalue weighted by Gasteiger charge is -2.11. The van der Waals surface area contributed by atoms with Gasteiger partial charge in [-0.15, -0.1) is 10.2 Å². The molecule has 8 heteroatoms. The zero-order valence-electron chi connectivity index (χ0n) is 14.4. The number of benzene rings is 1.